The molecule has 2 unspecified atom stereocenters. The maximum Gasteiger partial charge on any atom is 0.226 e. The van der Waals surface area contributed by atoms with Gasteiger partial charge >= 0.3 is 0 Å². The molecule has 0 aromatic heterocycles. The van der Waals surface area contributed by atoms with E-state index in [1.165, 1.54) is 0 Å². The van der Waals surface area contributed by atoms with Crippen LogP contribution < -0.4 is 10.6 Å². The smallest absolute Gasteiger partial charge is 0.226 e. The number of ether oxygens (including phenoxy) is 1. The first-order valence-corrected chi connectivity index (χ1v) is 9.85. The number of rotatable bonds is 9. The highest BCUT2D eigenvalue weighted by atomic mass is 16.5. The van der Waals surface area contributed by atoms with Crippen molar-refractivity contribution in [3.8, 4) is 0 Å². The van der Waals surface area contributed by atoms with E-state index in [9.17, 15) is 9.59 Å². The van der Waals surface area contributed by atoms with Crippen LogP contribution in [0.1, 0.15) is 73.6 Å². The summed E-state index contributed by atoms with van der Waals surface area (Å²) in [5.74, 6) is 0.908. The second-order valence-electron chi connectivity index (χ2n) is 8.41. The van der Waals surface area contributed by atoms with Gasteiger partial charge in [-0.25, -0.2) is 0 Å². The van der Waals surface area contributed by atoms with Crippen molar-refractivity contribution in [2.45, 2.75) is 85.7 Å². The van der Waals surface area contributed by atoms with Crippen LogP contribution in [0.3, 0.4) is 0 Å². The molecule has 5 heteroatoms. The van der Waals surface area contributed by atoms with E-state index in [2.05, 4.69) is 38.3 Å². The summed E-state index contributed by atoms with van der Waals surface area (Å²) in [5.41, 5.74) is -0.296. The van der Waals surface area contributed by atoms with Crippen LogP contribution in [0.4, 0.5) is 0 Å². The fourth-order valence-electron chi connectivity index (χ4n) is 3.58. The second kappa shape index (κ2) is 10.1. The third kappa shape index (κ3) is 6.96. The highest BCUT2D eigenvalue weighted by Crippen LogP contribution is 2.38. The molecule has 1 aliphatic rings. The van der Waals surface area contributed by atoms with Crippen molar-refractivity contribution in [2.75, 3.05) is 13.2 Å². The van der Waals surface area contributed by atoms with Gasteiger partial charge in [-0.2, -0.15) is 0 Å². The molecule has 0 aromatic carbocycles. The number of carbonyl (C=O) groups is 2. The molecule has 5 nitrogen and oxygen atoms in total. The SMILES string of the molecule is CC(CCC(C)NC(=O)C1(C(C)C)CCOCC1)CC(=O)NC(C)C. The normalized spacial score (nSPS) is 19.5. The van der Waals surface area contributed by atoms with Crippen molar-refractivity contribution < 1.29 is 14.3 Å². The molecule has 1 rings (SSSR count). The summed E-state index contributed by atoms with van der Waals surface area (Å²) >= 11 is 0. The van der Waals surface area contributed by atoms with Gasteiger partial charge in [0, 0.05) is 31.7 Å². The summed E-state index contributed by atoms with van der Waals surface area (Å²) < 4.78 is 5.46. The third-order valence-electron chi connectivity index (χ3n) is 5.40. The molecule has 0 aliphatic carbocycles. The molecule has 1 saturated heterocycles. The first-order chi connectivity index (χ1) is 11.7. The molecule has 0 bridgehead atoms. The van der Waals surface area contributed by atoms with E-state index in [1.54, 1.807) is 0 Å². The Morgan fingerprint density at radius 2 is 1.56 bits per heavy atom. The average Bonchev–Trinajstić information content (AvgIpc) is 2.52. The van der Waals surface area contributed by atoms with Gasteiger partial charge in [0.2, 0.25) is 11.8 Å². The Kier molecular flexibility index (Phi) is 8.91. The van der Waals surface area contributed by atoms with Gasteiger partial charge in [0.25, 0.3) is 0 Å². The van der Waals surface area contributed by atoms with Crippen LogP contribution >= 0.6 is 0 Å². The zero-order chi connectivity index (χ0) is 19.0. The van der Waals surface area contributed by atoms with Gasteiger partial charge in [-0.1, -0.05) is 20.8 Å². The predicted octanol–water partition coefficient (Wildman–Crippen LogP) is 3.27. The van der Waals surface area contributed by atoms with Crippen molar-refractivity contribution in [1.29, 1.82) is 0 Å². The summed E-state index contributed by atoms with van der Waals surface area (Å²) in [6.45, 7) is 13.7. The quantitative estimate of drug-likeness (QED) is 0.668. The minimum atomic E-state index is -0.296. The van der Waals surface area contributed by atoms with E-state index in [0.717, 1.165) is 25.7 Å². The predicted molar refractivity (Wildman–Crippen MR) is 101 cm³/mol. The average molecular weight is 355 g/mol. The van der Waals surface area contributed by atoms with Crippen molar-refractivity contribution in [3.63, 3.8) is 0 Å². The summed E-state index contributed by atoms with van der Waals surface area (Å²) in [6.07, 6.45) is 3.98. The van der Waals surface area contributed by atoms with Gasteiger partial charge in [0.1, 0.15) is 0 Å². The van der Waals surface area contributed by atoms with Gasteiger partial charge in [-0.15, -0.1) is 0 Å². The Morgan fingerprint density at radius 1 is 0.960 bits per heavy atom. The molecule has 2 amide bonds. The lowest BCUT2D eigenvalue weighted by atomic mass is 9.70. The Bertz CT molecular complexity index is 429. The zero-order valence-electron chi connectivity index (χ0n) is 17.0. The highest BCUT2D eigenvalue weighted by Gasteiger charge is 2.42. The monoisotopic (exact) mass is 354 g/mol. The topological polar surface area (TPSA) is 67.4 Å². The van der Waals surface area contributed by atoms with Crippen molar-refractivity contribution >= 4 is 11.8 Å². The molecule has 1 heterocycles. The molecule has 2 atom stereocenters. The molecule has 25 heavy (non-hydrogen) atoms. The summed E-state index contributed by atoms with van der Waals surface area (Å²) in [6, 6.07) is 0.311. The molecular weight excluding hydrogens is 316 g/mol. The Balaban J connectivity index is 2.43. The van der Waals surface area contributed by atoms with E-state index in [-0.39, 0.29) is 29.3 Å². The lowest BCUT2D eigenvalue weighted by Crippen LogP contribution is -2.50. The Hall–Kier alpha value is -1.10. The third-order valence-corrected chi connectivity index (χ3v) is 5.40. The molecule has 1 fully saturated rings. The highest BCUT2D eigenvalue weighted by molar-refractivity contribution is 5.83. The molecule has 0 radical (unpaired) electrons. The van der Waals surface area contributed by atoms with Gasteiger partial charge < -0.3 is 15.4 Å². The standard InChI is InChI=1S/C20H38N2O3/c1-14(2)20(9-11-25-12-10-20)19(24)22-17(6)8-7-16(5)13-18(23)21-15(3)4/h14-17H,7-13H2,1-6H3,(H,21,23)(H,22,24). The largest absolute Gasteiger partial charge is 0.381 e. The van der Waals surface area contributed by atoms with Gasteiger partial charge in [-0.05, 0) is 58.3 Å². The van der Waals surface area contributed by atoms with Crippen molar-refractivity contribution in [2.24, 2.45) is 17.3 Å². The molecule has 0 spiro atoms. The lowest BCUT2D eigenvalue weighted by Gasteiger charge is -2.40. The minimum absolute atomic E-state index is 0.111. The molecule has 0 aromatic rings. The summed E-state index contributed by atoms with van der Waals surface area (Å²) in [5, 5.41) is 6.15. The lowest BCUT2D eigenvalue weighted by molar-refractivity contribution is -0.141. The van der Waals surface area contributed by atoms with Crippen LogP contribution in [-0.2, 0) is 14.3 Å². The first-order valence-electron chi connectivity index (χ1n) is 9.85. The summed E-state index contributed by atoms with van der Waals surface area (Å²) in [7, 11) is 0. The van der Waals surface area contributed by atoms with E-state index >= 15 is 0 Å². The Morgan fingerprint density at radius 3 is 2.08 bits per heavy atom. The van der Waals surface area contributed by atoms with Crippen LogP contribution in [-0.4, -0.2) is 37.1 Å². The number of amides is 2. The van der Waals surface area contributed by atoms with Crippen LogP contribution in [0.25, 0.3) is 0 Å². The molecule has 2 N–H and O–H groups in total. The fourth-order valence-corrected chi connectivity index (χ4v) is 3.58. The Labute approximate surface area is 153 Å². The molecule has 0 saturated carbocycles. The van der Waals surface area contributed by atoms with Crippen molar-refractivity contribution in [3.05, 3.63) is 0 Å². The van der Waals surface area contributed by atoms with Crippen LogP contribution in [0.15, 0.2) is 0 Å². The van der Waals surface area contributed by atoms with E-state index < -0.39 is 0 Å². The fraction of sp³-hybridized carbons (Fsp3) is 0.900. The molecule has 146 valence electrons. The molecular formula is C20H38N2O3. The van der Waals surface area contributed by atoms with Crippen LogP contribution in [0, 0.1) is 17.3 Å². The second-order valence-corrected chi connectivity index (χ2v) is 8.41. The maximum absolute atomic E-state index is 12.9. The van der Waals surface area contributed by atoms with Gasteiger partial charge in [-0.3, -0.25) is 9.59 Å². The van der Waals surface area contributed by atoms with Crippen LogP contribution in [0.5, 0.6) is 0 Å². The summed E-state index contributed by atoms with van der Waals surface area (Å²) in [4.78, 5) is 24.7. The number of carbonyl (C=O) groups excluding carboxylic acids is 2. The first kappa shape index (κ1) is 21.9. The van der Waals surface area contributed by atoms with Gasteiger partial charge in [0.05, 0.1) is 5.41 Å². The minimum Gasteiger partial charge on any atom is -0.381 e. The molecule has 1 aliphatic heterocycles. The van der Waals surface area contributed by atoms with E-state index in [0.29, 0.717) is 31.5 Å². The number of nitrogens with one attached hydrogen (secondary N) is 2. The van der Waals surface area contributed by atoms with Gasteiger partial charge in [0.15, 0.2) is 0 Å². The maximum atomic E-state index is 12.9. The zero-order valence-corrected chi connectivity index (χ0v) is 17.0. The van der Waals surface area contributed by atoms with E-state index in [4.69, 9.17) is 4.74 Å². The van der Waals surface area contributed by atoms with Crippen LogP contribution in [0.2, 0.25) is 0 Å². The van der Waals surface area contributed by atoms with Crippen molar-refractivity contribution in [1.82, 2.24) is 10.6 Å². The number of hydrogen-bond acceptors (Lipinski definition) is 3. The van der Waals surface area contributed by atoms with E-state index in [1.807, 2.05) is 13.8 Å². The number of hydrogen-bond donors (Lipinski definition) is 2.